The summed E-state index contributed by atoms with van der Waals surface area (Å²) in [6.07, 6.45) is 10.2. The molecule has 0 aliphatic rings. The van der Waals surface area contributed by atoms with Crippen LogP contribution >= 0.6 is 0 Å². The van der Waals surface area contributed by atoms with E-state index in [0.29, 0.717) is 0 Å². The van der Waals surface area contributed by atoms with Gasteiger partial charge in [0.1, 0.15) is 11.6 Å². The summed E-state index contributed by atoms with van der Waals surface area (Å²) >= 11 is 0. The van der Waals surface area contributed by atoms with Gasteiger partial charge in [0.15, 0.2) is 0 Å². The molecule has 2 aromatic rings. The van der Waals surface area contributed by atoms with Gasteiger partial charge >= 0.3 is 0 Å². The Morgan fingerprint density at radius 2 is 2.50 bits per heavy atom. The Morgan fingerprint density at radius 1 is 1.57 bits per heavy atom. The zero-order valence-corrected chi connectivity index (χ0v) is 8.05. The molecule has 0 aliphatic carbocycles. The van der Waals surface area contributed by atoms with Gasteiger partial charge in [-0.05, 0) is 18.2 Å². The molecule has 72 valence electrons. The summed E-state index contributed by atoms with van der Waals surface area (Å²) in [6, 6.07) is 3.80. The van der Waals surface area contributed by atoms with Gasteiger partial charge in [-0.1, -0.05) is 6.08 Å². The van der Waals surface area contributed by atoms with Crippen LogP contribution in [0.5, 0.6) is 0 Å². The highest BCUT2D eigenvalue weighted by atomic mass is 16.3. The summed E-state index contributed by atoms with van der Waals surface area (Å²) in [4.78, 5) is 4.22. The van der Waals surface area contributed by atoms with Crippen molar-refractivity contribution in [2.45, 2.75) is 6.42 Å². The summed E-state index contributed by atoms with van der Waals surface area (Å²) in [6.45, 7) is 0. The molecule has 2 heterocycles. The van der Waals surface area contributed by atoms with Gasteiger partial charge in [0, 0.05) is 25.9 Å². The number of hydrogen-bond donors (Lipinski definition) is 0. The fourth-order valence-electron chi connectivity index (χ4n) is 1.26. The summed E-state index contributed by atoms with van der Waals surface area (Å²) in [5, 5.41) is 0. The van der Waals surface area contributed by atoms with E-state index in [0.717, 1.165) is 18.0 Å². The number of nitrogens with zero attached hydrogens (tertiary/aromatic N) is 2. The van der Waals surface area contributed by atoms with Crippen LogP contribution in [-0.2, 0) is 13.5 Å². The van der Waals surface area contributed by atoms with Gasteiger partial charge in [-0.3, -0.25) is 0 Å². The minimum Gasteiger partial charge on any atom is -0.465 e. The standard InChI is InChI=1S/C11H12N2O/c1-13-8-7-12-11(13)6-2-4-10-5-3-9-14-10/h2-5,7-9H,6H2,1H3/b4-2+. The smallest absolute Gasteiger partial charge is 0.126 e. The van der Waals surface area contributed by atoms with Crippen molar-refractivity contribution in [3.63, 3.8) is 0 Å². The van der Waals surface area contributed by atoms with Gasteiger partial charge in [-0.15, -0.1) is 0 Å². The summed E-state index contributed by atoms with van der Waals surface area (Å²) in [5.41, 5.74) is 0. The Morgan fingerprint density at radius 3 is 3.14 bits per heavy atom. The fraction of sp³-hybridized carbons (Fsp3) is 0.182. The van der Waals surface area contributed by atoms with Gasteiger partial charge in [0.25, 0.3) is 0 Å². The predicted molar refractivity (Wildman–Crippen MR) is 54.7 cm³/mol. The van der Waals surface area contributed by atoms with Crippen molar-refractivity contribution in [3.8, 4) is 0 Å². The Balaban J connectivity index is 1.98. The average molecular weight is 188 g/mol. The largest absolute Gasteiger partial charge is 0.465 e. The summed E-state index contributed by atoms with van der Waals surface area (Å²) in [5.74, 6) is 1.92. The molecule has 0 atom stereocenters. The van der Waals surface area contributed by atoms with Crippen LogP contribution in [0.1, 0.15) is 11.6 Å². The highest BCUT2D eigenvalue weighted by molar-refractivity contribution is 5.42. The Kier molecular flexibility index (Phi) is 2.49. The third kappa shape index (κ3) is 1.93. The maximum Gasteiger partial charge on any atom is 0.126 e. The lowest BCUT2D eigenvalue weighted by atomic mass is 10.3. The van der Waals surface area contributed by atoms with Crippen LogP contribution in [0.25, 0.3) is 6.08 Å². The zero-order chi connectivity index (χ0) is 9.80. The zero-order valence-electron chi connectivity index (χ0n) is 8.05. The predicted octanol–water partition coefficient (Wildman–Crippen LogP) is 2.27. The molecular weight excluding hydrogens is 176 g/mol. The number of imidazole rings is 1. The molecule has 0 aromatic carbocycles. The van der Waals surface area contributed by atoms with Crippen molar-refractivity contribution in [2.75, 3.05) is 0 Å². The first kappa shape index (κ1) is 8.81. The third-order valence-corrected chi connectivity index (χ3v) is 2.05. The Hall–Kier alpha value is -1.77. The van der Waals surface area contributed by atoms with E-state index in [9.17, 15) is 0 Å². The first-order valence-electron chi connectivity index (χ1n) is 4.52. The topological polar surface area (TPSA) is 31.0 Å². The maximum absolute atomic E-state index is 5.17. The third-order valence-electron chi connectivity index (χ3n) is 2.05. The fourth-order valence-corrected chi connectivity index (χ4v) is 1.26. The molecule has 0 unspecified atom stereocenters. The molecule has 14 heavy (non-hydrogen) atoms. The first-order valence-corrected chi connectivity index (χ1v) is 4.52. The lowest BCUT2D eigenvalue weighted by Crippen LogP contribution is -1.94. The molecule has 2 aromatic heterocycles. The van der Waals surface area contributed by atoms with E-state index in [1.165, 1.54) is 0 Å². The van der Waals surface area contributed by atoms with Crippen LogP contribution in [0.3, 0.4) is 0 Å². The number of rotatable bonds is 3. The number of hydrogen-bond acceptors (Lipinski definition) is 2. The highest BCUT2D eigenvalue weighted by Crippen LogP contribution is 2.04. The lowest BCUT2D eigenvalue weighted by molar-refractivity contribution is 0.557. The molecule has 0 spiro atoms. The molecule has 0 amide bonds. The quantitative estimate of drug-likeness (QED) is 0.739. The number of allylic oxidation sites excluding steroid dienone is 1. The minimum absolute atomic E-state index is 0.824. The van der Waals surface area contributed by atoms with Crippen molar-refractivity contribution in [3.05, 3.63) is 48.5 Å². The molecule has 0 fully saturated rings. The van der Waals surface area contributed by atoms with E-state index in [1.807, 2.05) is 42.1 Å². The Bertz CT molecular complexity index is 412. The van der Waals surface area contributed by atoms with Crippen molar-refractivity contribution in [1.29, 1.82) is 0 Å². The van der Waals surface area contributed by atoms with Gasteiger partial charge in [0.05, 0.1) is 6.26 Å². The minimum atomic E-state index is 0.824. The van der Waals surface area contributed by atoms with Gasteiger partial charge in [0.2, 0.25) is 0 Å². The van der Waals surface area contributed by atoms with E-state index in [-0.39, 0.29) is 0 Å². The lowest BCUT2D eigenvalue weighted by Gasteiger charge is -1.95. The van der Waals surface area contributed by atoms with Crippen LogP contribution < -0.4 is 0 Å². The molecule has 0 bridgehead atoms. The first-order chi connectivity index (χ1) is 6.86. The molecule has 0 radical (unpaired) electrons. The average Bonchev–Trinajstić information content (AvgIpc) is 2.78. The normalized spacial score (nSPS) is 11.2. The van der Waals surface area contributed by atoms with Gasteiger partial charge in [-0.2, -0.15) is 0 Å². The van der Waals surface area contributed by atoms with Crippen LogP contribution in [0, 0.1) is 0 Å². The molecule has 3 heteroatoms. The molecule has 0 aliphatic heterocycles. The SMILES string of the molecule is Cn1ccnc1C/C=C/c1ccco1. The monoisotopic (exact) mass is 188 g/mol. The van der Waals surface area contributed by atoms with Crippen molar-refractivity contribution in [2.24, 2.45) is 7.05 Å². The number of aromatic nitrogens is 2. The maximum atomic E-state index is 5.17. The Labute approximate surface area is 82.7 Å². The summed E-state index contributed by atoms with van der Waals surface area (Å²) in [7, 11) is 1.99. The second kappa shape index (κ2) is 3.96. The number of aryl methyl sites for hydroxylation is 1. The van der Waals surface area contributed by atoms with Crippen molar-refractivity contribution < 1.29 is 4.42 Å². The van der Waals surface area contributed by atoms with Crippen LogP contribution in [0.15, 0.2) is 41.3 Å². The molecular formula is C11H12N2O. The van der Waals surface area contributed by atoms with Gasteiger partial charge in [-0.25, -0.2) is 4.98 Å². The molecule has 2 rings (SSSR count). The van der Waals surface area contributed by atoms with Crippen LogP contribution in [0.2, 0.25) is 0 Å². The molecule has 3 nitrogen and oxygen atoms in total. The second-order valence-electron chi connectivity index (χ2n) is 3.08. The second-order valence-corrected chi connectivity index (χ2v) is 3.08. The van der Waals surface area contributed by atoms with Crippen molar-refractivity contribution >= 4 is 6.08 Å². The molecule has 0 saturated carbocycles. The van der Waals surface area contributed by atoms with E-state index in [2.05, 4.69) is 4.98 Å². The summed E-state index contributed by atoms with van der Waals surface area (Å²) < 4.78 is 7.18. The van der Waals surface area contributed by atoms with E-state index < -0.39 is 0 Å². The van der Waals surface area contributed by atoms with E-state index >= 15 is 0 Å². The van der Waals surface area contributed by atoms with Crippen LogP contribution in [0.4, 0.5) is 0 Å². The van der Waals surface area contributed by atoms with E-state index in [1.54, 1.807) is 12.5 Å². The van der Waals surface area contributed by atoms with E-state index in [4.69, 9.17) is 4.42 Å². The van der Waals surface area contributed by atoms with Gasteiger partial charge < -0.3 is 8.98 Å². The van der Waals surface area contributed by atoms with Crippen LogP contribution in [-0.4, -0.2) is 9.55 Å². The molecule has 0 N–H and O–H groups in total. The van der Waals surface area contributed by atoms with Crippen molar-refractivity contribution in [1.82, 2.24) is 9.55 Å². The molecule has 0 saturated heterocycles. The highest BCUT2D eigenvalue weighted by Gasteiger charge is 1.94. The number of furan rings is 1.